The van der Waals surface area contributed by atoms with Crippen molar-refractivity contribution in [1.82, 2.24) is 25.4 Å². The van der Waals surface area contributed by atoms with E-state index < -0.39 is 0 Å². The Bertz CT molecular complexity index is 812. The molecule has 1 heterocycles. The number of hydrogen-bond acceptors (Lipinski definition) is 6. The number of aliphatic imine (C=N–C) groups is 1. The first-order valence-corrected chi connectivity index (χ1v) is 8.80. The molecule has 0 saturated carbocycles. The molecule has 10 heteroatoms. The van der Waals surface area contributed by atoms with E-state index in [2.05, 4.69) is 32.4 Å². The molecule has 0 fully saturated rings. The summed E-state index contributed by atoms with van der Waals surface area (Å²) in [6.07, 6.45) is 1.77. The van der Waals surface area contributed by atoms with Crippen molar-refractivity contribution >= 4 is 29.9 Å². The average Bonchev–Trinajstić information content (AvgIpc) is 3.04. The number of aromatic nitrogens is 3. The minimum atomic E-state index is 0. The fourth-order valence-corrected chi connectivity index (χ4v) is 2.51. The van der Waals surface area contributed by atoms with Crippen LogP contribution in [-0.4, -0.2) is 48.6 Å². The van der Waals surface area contributed by atoms with Crippen molar-refractivity contribution in [2.45, 2.75) is 20.0 Å². The van der Waals surface area contributed by atoms with Crippen LogP contribution < -0.4 is 24.8 Å². The predicted octanol–water partition coefficient (Wildman–Crippen LogP) is 2.19. The van der Waals surface area contributed by atoms with E-state index in [1.54, 1.807) is 27.4 Å². The molecule has 1 aromatic heterocycles. The maximum Gasteiger partial charge on any atom is 0.203 e. The van der Waals surface area contributed by atoms with Crippen LogP contribution in [0.5, 0.6) is 17.2 Å². The van der Waals surface area contributed by atoms with Gasteiger partial charge in [-0.1, -0.05) is 6.08 Å². The van der Waals surface area contributed by atoms with Gasteiger partial charge in [0, 0.05) is 13.6 Å². The summed E-state index contributed by atoms with van der Waals surface area (Å²) in [6, 6.07) is 3.75. The summed E-state index contributed by atoms with van der Waals surface area (Å²) in [5.41, 5.74) is 0.920. The summed E-state index contributed by atoms with van der Waals surface area (Å²) in [6.45, 7) is 7.14. The maximum absolute atomic E-state index is 5.40. The van der Waals surface area contributed by atoms with E-state index in [9.17, 15) is 0 Å². The molecule has 0 saturated heterocycles. The van der Waals surface area contributed by atoms with Crippen molar-refractivity contribution in [2.75, 3.05) is 27.9 Å². The van der Waals surface area contributed by atoms with Crippen molar-refractivity contribution in [2.24, 2.45) is 12.0 Å². The molecule has 0 bridgehead atoms. The van der Waals surface area contributed by atoms with Gasteiger partial charge in [0.15, 0.2) is 23.3 Å². The lowest BCUT2D eigenvalue weighted by Crippen LogP contribution is -2.37. The molecule has 2 N–H and O–H groups in total. The van der Waals surface area contributed by atoms with E-state index >= 15 is 0 Å². The maximum atomic E-state index is 5.40. The van der Waals surface area contributed by atoms with Crippen molar-refractivity contribution in [3.63, 3.8) is 0 Å². The number of benzene rings is 1. The molecule has 1 aromatic carbocycles. The molecular weight excluding hydrogens is 487 g/mol. The molecule has 0 atom stereocenters. The number of rotatable bonds is 9. The summed E-state index contributed by atoms with van der Waals surface area (Å²) in [7, 11) is 6.68. The van der Waals surface area contributed by atoms with E-state index in [4.69, 9.17) is 14.2 Å². The minimum absolute atomic E-state index is 0. The molecule has 0 unspecified atom stereocenters. The molecule has 0 amide bonds. The van der Waals surface area contributed by atoms with Crippen LogP contribution in [0.4, 0.5) is 0 Å². The van der Waals surface area contributed by atoms with Crippen LogP contribution in [0.3, 0.4) is 0 Å². The standard InChI is InChI=1S/C19H28N6O3.HI/c1-7-8-20-19(22-12-17-24-23-13(2)25(17)3)21-11-14-9-15(26-4)18(28-6)16(10-14)27-5;/h7,9-10H,1,8,11-12H2,2-6H3,(H2,20,21,22);1H. The number of nitrogens with one attached hydrogen (secondary N) is 2. The Labute approximate surface area is 188 Å². The summed E-state index contributed by atoms with van der Waals surface area (Å²) < 4.78 is 18.1. The van der Waals surface area contributed by atoms with Gasteiger partial charge >= 0.3 is 0 Å². The van der Waals surface area contributed by atoms with Gasteiger partial charge < -0.3 is 29.4 Å². The summed E-state index contributed by atoms with van der Waals surface area (Å²) in [4.78, 5) is 4.63. The van der Waals surface area contributed by atoms with Gasteiger partial charge in [0.1, 0.15) is 5.82 Å². The van der Waals surface area contributed by atoms with Gasteiger partial charge in [-0.15, -0.1) is 40.8 Å². The van der Waals surface area contributed by atoms with Crippen molar-refractivity contribution in [3.05, 3.63) is 42.0 Å². The molecule has 2 aromatic rings. The van der Waals surface area contributed by atoms with Gasteiger partial charge in [-0.2, -0.15) is 0 Å². The monoisotopic (exact) mass is 516 g/mol. The van der Waals surface area contributed by atoms with Gasteiger partial charge in [0.05, 0.1) is 34.4 Å². The van der Waals surface area contributed by atoms with Crippen molar-refractivity contribution in [1.29, 1.82) is 0 Å². The van der Waals surface area contributed by atoms with Crippen molar-refractivity contribution < 1.29 is 14.2 Å². The number of guanidine groups is 1. The van der Waals surface area contributed by atoms with Crippen LogP contribution in [0.1, 0.15) is 17.2 Å². The lowest BCUT2D eigenvalue weighted by molar-refractivity contribution is 0.324. The van der Waals surface area contributed by atoms with E-state index in [-0.39, 0.29) is 24.0 Å². The van der Waals surface area contributed by atoms with Crippen LogP contribution in [0.25, 0.3) is 0 Å². The molecule has 0 radical (unpaired) electrons. The van der Waals surface area contributed by atoms with Crippen LogP contribution in [0, 0.1) is 6.92 Å². The first kappa shape index (κ1) is 24.5. The number of aryl methyl sites for hydroxylation is 1. The Morgan fingerprint density at radius 3 is 2.28 bits per heavy atom. The largest absolute Gasteiger partial charge is 0.493 e. The highest BCUT2D eigenvalue weighted by atomic mass is 127. The van der Waals surface area contributed by atoms with Gasteiger partial charge in [-0.3, -0.25) is 0 Å². The van der Waals surface area contributed by atoms with E-state index in [1.807, 2.05) is 30.7 Å². The molecule has 2 rings (SSSR count). The number of hydrogen-bond donors (Lipinski definition) is 2. The third-order valence-electron chi connectivity index (χ3n) is 4.15. The molecule has 0 spiro atoms. The van der Waals surface area contributed by atoms with Gasteiger partial charge in [0.25, 0.3) is 0 Å². The van der Waals surface area contributed by atoms with Gasteiger partial charge in [-0.25, -0.2) is 4.99 Å². The Morgan fingerprint density at radius 2 is 1.79 bits per heavy atom. The van der Waals surface area contributed by atoms with E-state index in [0.29, 0.717) is 42.8 Å². The SMILES string of the molecule is C=CCNC(=NCc1cc(OC)c(OC)c(OC)c1)NCc1nnc(C)n1C.I. The zero-order valence-corrected chi connectivity index (χ0v) is 19.8. The Kier molecular flexibility index (Phi) is 10.3. The Hall–Kier alpha value is -2.50. The molecule has 0 aliphatic rings. The second-order valence-corrected chi connectivity index (χ2v) is 5.94. The Balaban J connectivity index is 0.00000420. The highest BCUT2D eigenvalue weighted by Crippen LogP contribution is 2.38. The third-order valence-corrected chi connectivity index (χ3v) is 4.15. The second kappa shape index (κ2) is 12.1. The van der Waals surface area contributed by atoms with Crippen LogP contribution in [0.2, 0.25) is 0 Å². The summed E-state index contributed by atoms with van der Waals surface area (Å²) in [5, 5.41) is 14.7. The number of halogens is 1. The quantitative estimate of drug-likeness (QED) is 0.229. The van der Waals surface area contributed by atoms with Gasteiger partial charge in [-0.05, 0) is 24.6 Å². The van der Waals surface area contributed by atoms with Crippen molar-refractivity contribution in [3.8, 4) is 17.2 Å². The third kappa shape index (κ3) is 6.51. The first-order valence-electron chi connectivity index (χ1n) is 8.80. The zero-order valence-electron chi connectivity index (χ0n) is 17.5. The van der Waals surface area contributed by atoms with Crippen LogP contribution in [-0.2, 0) is 20.1 Å². The smallest absolute Gasteiger partial charge is 0.203 e. The number of ether oxygens (including phenoxy) is 3. The Morgan fingerprint density at radius 1 is 1.14 bits per heavy atom. The lowest BCUT2D eigenvalue weighted by atomic mass is 10.2. The molecule has 0 aliphatic heterocycles. The van der Waals surface area contributed by atoms with Crippen LogP contribution >= 0.6 is 24.0 Å². The molecule has 0 aliphatic carbocycles. The highest BCUT2D eigenvalue weighted by Gasteiger charge is 2.13. The fraction of sp³-hybridized carbons (Fsp3) is 0.421. The predicted molar refractivity (Wildman–Crippen MR) is 123 cm³/mol. The number of methoxy groups -OCH3 is 3. The first-order chi connectivity index (χ1) is 13.5. The van der Waals surface area contributed by atoms with Gasteiger partial charge in [0.2, 0.25) is 5.75 Å². The minimum Gasteiger partial charge on any atom is -0.493 e. The molecule has 160 valence electrons. The average molecular weight is 516 g/mol. The molecule has 9 nitrogen and oxygen atoms in total. The molecular formula is C19H29IN6O3. The zero-order chi connectivity index (χ0) is 20.5. The van der Waals surface area contributed by atoms with E-state index in [1.165, 1.54) is 0 Å². The fourth-order valence-electron chi connectivity index (χ4n) is 2.51. The topological polar surface area (TPSA) is 94.8 Å². The molecule has 29 heavy (non-hydrogen) atoms. The normalized spacial score (nSPS) is 10.7. The second-order valence-electron chi connectivity index (χ2n) is 5.94. The number of nitrogens with zero attached hydrogens (tertiary/aromatic N) is 4. The highest BCUT2D eigenvalue weighted by molar-refractivity contribution is 14.0. The summed E-state index contributed by atoms with van der Waals surface area (Å²) in [5.74, 6) is 4.04. The van der Waals surface area contributed by atoms with E-state index in [0.717, 1.165) is 17.2 Å². The van der Waals surface area contributed by atoms with Crippen LogP contribution in [0.15, 0.2) is 29.8 Å². The summed E-state index contributed by atoms with van der Waals surface area (Å²) >= 11 is 0. The lowest BCUT2D eigenvalue weighted by Gasteiger charge is -2.14.